The average molecular weight is 380 g/mol. The summed E-state index contributed by atoms with van der Waals surface area (Å²) in [6, 6.07) is 22.3. The van der Waals surface area contributed by atoms with Crippen molar-refractivity contribution in [3.8, 4) is 0 Å². The Balaban J connectivity index is 2.09. The van der Waals surface area contributed by atoms with Gasteiger partial charge in [0, 0.05) is 18.3 Å². The molecule has 2 nitrogen and oxygen atoms in total. The van der Waals surface area contributed by atoms with Crippen LogP contribution in [0.5, 0.6) is 0 Å². The maximum Gasteiger partial charge on any atom is 0.319 e. The third-order valence-electron chi connectivity index (χ3n) is 5.83. The fourth-order valence-corrected chi connectivity index (χ4v) is 8.75. The predicted molar refractivity (Wildman–Crippen MR) is 118 cm³/mol. The minimum Gasteiger partial charge on any atom is -0.538 e. The van der Waals surface area contributed by atoms with E-state index in [4.69, 9.17) is 4.43 Å². The first-order chi connectivity index (χ1) is 12.9. The number of likely N-dealkylation sites (tertiary alicyclic amines) is 1. The van der Waals surface area contributed by atoms with Crippen LogP contribution in [0.3, 0.4) is 0 Å². The highest BCUT2D eigenvalue weighted by Gasteiger charge is 2.51. The summed E-state index contributed by atoms with van der Waals surface area (Å²) in [5.74, 6) is 0. The van der Waals surface area contributed by atoms with Gasteiger partial charge in [-0.25, -0.2) is 0 Å². The van der Waals surface area contributed by atoms with Crippen molar-refractivity contribution in [3.05, 3.63) is 72.6 Å². The molecule has 27 heavy (non-hydrogen) atoms. The van der Waals surface area contributed by atoms with E-state index < -0.39 is 8.32 Å². The summed E-state index contributed by atoms with van der Waals surface area (Å²) in [4.78, 5) is 2.48. The molecule has 0 bridgehead atoms. The molecule has 1 heterocycles. The van der Waals surface area contributed by atoms with E-state index in [-0.39, 0.29) is 5.04 Å². The minimum atomic E-state index is -2.49. The number of hydrogen-bond donors (Lipinski definition) is 0. The number of benzene rings is 2. The predicted octanol–water partition coefficient (Wildman–Crippen LogP) is 4.91. The molecular weight excluding hydrogens is 346 g/mol. The zero-order valence-electron chi connectivity index (χ0n) is 17.4. The fourth-order valence-electron chi connectivity index (χ4n) is 4.39. The topological polar surface area (TPSA) is 12.5 Å². The van der Waals surface area contributed by atoms with E-state index in [1.807, 2.05) is 0 Å². The highest BCUT2D eigenvalue weighted by Crippen LogP contribution is 2.37. The number of nitrogens with zero attached hydrogens (tertiary/aromatic N) is 1. The molecule has 1 atom stereocenters. The van der Waals surface area contributed by atoms with Gasteiger partial charge in [-0.15, -0.1) is 0 Å². The molecule has 0 radical (unpaired) electrons. The first kappa shape index (κ1) is 19.8. The van der Waals surface area contributed by atoms with Crippen molar-refractivity contribution in [1.29, 1.82) is 0 Å². The lowest BCUT2D eigenvalue weighted by atomic mass is 10.2. The Labute approximate surface area is 166 Å². The number of allylic oxidation sites excluding steroid dienone is 1. The van der Waals surface area contributed by atoms with Gasteiger partial charge >= 0.3 is 8.32 Å². The molecule has 1 fully saturated rings. The van der Waals surface area contributed by atoms with Gasteiger partial charge in [-0.3, -0.25) is 0 Å². The van der Waals surface area contributed by atoms with Gasteiger partial charge in [0.05, 0.1) is 6.26 Å². The molecule has 3 heteroatoms. The van der Waals surface area contributed by atoms with Crippen LogP contribution in [0.1, 0.15) is 47.5 Å². The Kier molecular flexibility index (Phi) is 5.80. The molecule has 144 valence electrons. The number of rotatable bonds is 5. The second-order valence-electron chi connectivity index (χ2n) is 8.72. The zero-order valence-corrected chi connectivity index (χ0v) is 18.4. The van der Waals surface area contributed by atoms with Crippen LogP contribution in [0.2, 0.25) is 5.04 Å². The van der Waals surface area contributed by atoms with Gasteiger partial charge in [0.1, 0.15) is 0 Å². The molecular formula is C24H33NOSi. The Morgan fingerprint density at radius 2 is 1.52 bits per heavy atom. The molecule has 1 aliphatic heterocycles. The van der Waals surface area contributed by atoms with Crippen molar-refractivity contribution in [1.82, 2.24) is 4.90 Å². The summed E-state index contributed by atoms with van der Waals surface area (Å²) in [6.07, 6.45) is 4.59. The Morgan fingerprint density at radius 1 is 1.00 bits per heavy atom. The normalized spacial score (nSPS) is 18.6. The lowest BCUT2D eigenvalue weighted by Crippen LogP contribution is -2.65. The van der Waals surface area contributed by atoms with Gasteiger partial charge in [0.25, 0.3) is 0 Å². The van der Waals surface area contributed by atoms with Crippen molar-refractivity contribution < 1.29 is 4.43 Å². The highest BCUT2D eigenvalue weighted by molar-refractivity contribution is 6.99. The smallest absolute Gasteiger partial charge is 0.319 e. The first-order valence-corrected chi connectivity index (χ1v) is 12.0. The standard InChI is InChI=1S/C24H33NOSi/c1-20-13-12-18-25(20)21(2)19-26-27(24(3,4)5,22-14-8-6-9-15-22)23-16-10-7-11-17-23/h6-11,14-17,19-20H,12-13,18H2,1-5H3/b21-19+/t20-/m1/s1. The van der Waals surface area contributed by atoms with Gasteiger partial charge in [0.15, 0.2) is 0 Å². The molecule has 0 saturated carbocycles. The maximum absolute atomic E-state index is 6.92. The molecule has 0 amide bonds. The Bertz CT molecular complexity index is 724. The van der Waals surface area contributed by atoms with Crippen molar-refractivity contribution >= 4 is 18.7 Å². The van der Waals surface area contributed by atoms with E-state index in [1.54, 1.807) is 0 Å². The minimum absolute atomic E-state index is 0.00309. The summed E-state index contributed by atoms with van der Waals surface area (Å²) in [7, 11) is -2.49. The van der Waals surface area contributed by atoms with Crippen LogP contribution in [0.4, 0.5) is 0 Å². The van der Waals surface area contributed by atoms with Crippen LogP contribution < -0.4 is 10.4 Å². The molecule has 1 saturated heterocycles. The summed E-state index contributed by atoms with van der Waals surface area (Å²) >= 11 is 0. The SMILES string of the molecule is C/C(=C\O[Si](c1ccccc1)(c1ccccc1)C(C)(C)C)N1CCC[C@H]1C. The van der Waals surface area contributed by atoms with Crippen molar-refractivity contribution in [3.63, 3.8) is 0 Å². The van der Waals surface area contributed by atoms with E-state index in [9.17, 15) is 0 Å². The lowest BCUT2D eigenvalue weighted by molar-refractivity contribution is 0.320. The molecule has 0 spiro atoms. The van der Waals surface area contributed by atoms with Crippen molar-refractivity contribution in [2.45, 2.75) is 58.5 Å². The fraction of sp³-hybridized carbons (Fsp3) is 0.417. The van der Waals surface area contributed by atoms with Gasteiger partial charge in [-0.1, -0.05) is 81.4 Å². The van der Waals surface area contributed by atoms with Crippen LogP contribution in [-0.4, -0.2) is 25.8 Å². The van der Waals surface area contributed by atoms with Gasteiger partial charge in [-0.05, 0) is 42.1 Å². The van der Waals surface area contributed by atoms with Gasteiger partial charge in [-0.2, -0.15) is 0 Å². The molecule has 2 aromatic rings. The quantitative estimate of drug-likeness (QED) is 0.541. The Morgan fingerprint density at radius 3 is 1.93 bits per heavy atom. The van der Waals surface area contributed by atoms with Crippen LogP contribution in [0.15, 0.2) is 72.6 Å². The molecule has 0 N–H and O–H groups in total. The van der Waals surface area contributed by atoms with Crippen molar-refractivity contribution in [2.75, 3.05) is 6.54 Å². The van der Waals surface area contributed by atoms with E-state index >= 15 is 0 Å². The molecule has 0 aliphatic carbocycles. The molecule has 3 rings (SSSR count). The third kappa shape index (κ3) is 3.84. The van der Waals surface area contributed by atoms with Gasteiger partial charge in [0.2, 0.25) is 0 Å². The maximum atomic E-state index is 6.92. The third-order valence-corrected chi connectivity index (χ3v) is 10.7. The van der Waals surface area contributed by atoms with Crippen LogP contribution >= 0.6 is 0 Å². The number of hydrogen-bond acceptors (Lipinski definition) is 2. The molecule has 0 unspecified atom stereocenters. The largest absolute Gasteiger partial charge is 0.538 e. The van der Waals surface area contributed by atoms with E-state index in [2.05, 4.69) is 106 Å². The van der Waals surface area contributed by atoms with Crippen molar-refractivity contribution in [2.24, 2.45) is 0 Å². The zero-order chi connectivity index (χ0) is 19.5. The van der Waals surface area contributed by atoms with Gasteiger partial charge < -0.3 is 9.33 Å². The van der Waals surface area contributed by atoms with E-state index in [1.165, 1.54) is 28.9 Å². The van der Waals surface area contributed by atoms with Crippen LogP contribution in [-0.2, 0) is 4.43 Å². The molecule has 0 aromatic heterocycles. The lowest BCUT2D eigenvalue weighted by Gasteiger charge is -2.42. The summed E-state index contributed by atoms with van der Waals surface area (Å²) in [5.41, 5.74) is 1.24. The van der Waals surface area contributed by atoms with E-state index in [0.29, 0.717) is 6.04 Å². The van der Waals surface area contributed by atoms with Crippen LogP contribution in [0, 0.1) is 0 Å². The summed E-state index contributed by atoms with van der Waals surface area (Å²) in [5, 5.41) is 2.65. The van der Waals surface area contributed by atoms with E-state index in [0.717, 1.165) is 6.54 Å². The highest BCUT2D eigenvalue weighted by atomic mass is 28.4. The average Bonchev–Trinajstić information content (AvgIpc) is 3.09. The van der Waals surface area contributed by atoms with Crippen LogP contribution in [0.25, 0.3) is 0 Å². The second kappa shape index (κ2) is 7.93. The molecule has 2 aromatic carbocycles. The second-order valence-corrected chi connectivity index (χ2v) is 13.0. The Hall–Kier alpha value is -2.00. The first-order valence-electron chi connectivity index (χ1n) is 10.1. The summed E-state index contributed by atoms with van der Waals surface area (Å²) in [6.45, 7) is 12.6. The monoisotopic (exact) mass is 379 g/mol. The summed E-state index contributed by atoms with van der Waals surface area (Å²) < 4.78 is 6.92. The molecule has 1 aliphatic rings.